The Kier molecular flexibility index (Phi) is 4.53. The first kappa shape index (κ1) is 14.8. The maximum atomic E-state index is 11.7. The molecular formula is C12H13BrClNO3S. The predicted molar refractivity (Wildman–Crippen MR) is 77.6 cm³/mol. The van der Waals surface area contributed by atoms with E-state index < -0.39 is 14.3 Å². The molecule has 1 aliphatic rings. The van der Waals surface area contributed by atoms with Crippen molar-refractivity contribution in [2.75, 3.05) is 13.1 Å². The summed E-state index contributed by atoms with van der Waals surface area (Å²) >= 11 is 3.36. The number of carbonyl (C=O) groups excluding carboxylic acids is 1. The fourth-order valence-corrected chi connectivity index (χ4v) is 3.38. The number of hydrogen-bond acceptors (Lipinski definition) is 3. The van der Waals surface area contributed by atoms with Gasteiger partial charge in [0.25, 0.3) is 0 Å². The van der Waals surface area contributed by atoms with Crippen molar-refractivity contribution in [3.8, 4) is 0 Å². The number of benzene rings is 1. The number of amides is 1. The average molecular weight is 367 g/mol. The maximum Gasteiger partial charge on any atom is 0.237 e. The van der Waals surface area contributed by atoms with Gasteiger partial charge in [-0.05, 0) is 24.1 Å². The minimum atomic E-state index is -3.65. The standard InChI is InChI=1S/C12H13BrClNO3S/c13-10-3-1-9(2-4-10)5-6-15-8-11(7-12(15)16)19(14,17)18/h1-4,11H,5-8H2. The smallest absolute Gasteiger partial charge is 0.237 e. The highest BCUT2D eigenvalue weighted by molar-refractivity contribution is 9.10. The fourth-order valence-electron chi connectivity index (χ4n) is 2.06. The number of rotatable bonds is 4. The van der Waals surface area contributed by atoms with Crippen LogP contribution in [0.1, 0.15) is 12.0 Å². The topological polar surface area (TPSA) is 54.5 Å². The zero-order valence-electron chi connectivity index (χ0n) is 10.1. The number of nitrogens with zero attached hydrogens (tertiary/aromatic N) is 1. The van der Waals surface area contributed by atoms with Crippen molar-refractivity contribution >= 4 is 41.6 Å². The second kappa shape index (κ2) is 5.81. The lowest BCUT2D eigenvalue weighted by Gasteiger charge is -2.15. The van der Waals surface area contributed by atoms with Gasteiger partial charge in [-0.1, -0.05) is 28.1 Å². The van der Waals surface area contributed by atoms with Gasteiger partial charge < -0.3 is 4.90 Å². The van der Waals surface area contributed by atoms with Gasteiger partial charge in [0.2, 0.25) is 15.0 Å². The molecule has 0 saturated carbocycles. The quantitative estimate of drug-likeness (QED) is 0.767. The fraction of sp³-hybridized carbons (Fsp3) is 0.417. The van der Waals surface area contributed by atoms with E-state index in [4.69, 9.17) is 10.7 Å². The van der Waals surface area contributed by atoms with Gasteiger partial charge in [0.05, 0.1) is 0 Å². The van der Waals surface area contributed by atoms with E-state index in [0.717, 1.165) is 10.0 Å². The molecule has 1 amide bonds. The Bertz CT molecular complexity index is 573. The maximum absolute atomic E-state index is 11.7. The van der Waals surface area contributed by atoms with Crippen LogP contribution in [-0.2, 0) is 20.3 Å². The van der Waals surface area contributed by atoms with Crippen LogP contribution in [0.4, 0.5) is 0 Å². The van der Waals surface area contributed by atoms with Crippen LogP contribution in [0.3, 0.4) is 0 Å². The average Bonchev–Trinajstić information content (AvgIpc) is 2.70. The Morgan fingerprint density at radius 3 is 2.47 bits per heavy atom. The number of carbonyl (C=O) groups is 1. The van der Waals surface area contributed by atoms with Crippen molar-refractivity contribution in [3.63, 3.8) is 0 Å². The van der Waals surface area contributed by atoms with Crippen molar-refractivity contribution in [3.05, 3.63) is 34.3 Å². The first-order chi connectivity index (χ1) is 8.86. The largest absolute Gasteiger partial charge is 0.341 e. The monoisotopic (exact) mass is 365 g/mol. The summed E-state index contributed by atoms with van der Waals surface area (Å²) in [6.07, 6.45) is 0.695. The van der Waals surface area contributed by atoms with Gasteiger partial charge in [-0.2, -0.15) is 0 Å². The number of hydrogen-bond donors (Lipinski definition) is 0. The van der Waals surface area contributed by atoms with Crippen LogP contribution in [0.15, 0.2) is 28.7 Å². The lowest BCUT2D eigenvalue weighted by Crippen LogP contribution is -2.29. The molecule has 0 aliphatic carbocycles. The summed E-state index contributed by atoms with van der Waals surface area (Å²) in [7, 11) is 1.64. The van der Waals surface area contributed by atoms with Crippen LogP contribution in [0.5, 0.6) is 0 Å². The third-order valence-corrected chi connectivity index (χ3v) is 5.56. The highest BCUT2D eigenvalue weighted by Crippen LogP contribution is 2.21. The molecule has 7 heteroatoms. The highest BCUT2D eigenvalue weighted by Gasteiger charge is 2.36. The normalized spacial score (nSPS) is 20.0. The lowest BCUT2D eigenvalue weighted by atomic mass is 10.1. The molecule has 4 nitrogen and oxygen atoms in total. The van der Waals surface area contributed by atoms with Crippen LogP contribution in [0.25, 0.3) is 0 Å². The minimum Gasteiger partial charge on any atom is -0.341 e. The molecule has 1 aromatic carbocycles. The van der Waals surface area contributed by atoms with Gasteiger partial charge >= 0.3 is 0 Å². The summed E-state index contributed by atoms with van der Waals surface area (Å²) in [4.78, 5) is 13.3. The first-order valence-corrected chi connectivity index (χ1v) is 8.98. The van der Waals surface area contributed by atoms with Crippen molar-refractivity contribution in [2.24, 2.45) is 0 Å². The van der Waals surface area contributed by atoms with Gasteiger partial charge in [-0.3, -0.25) is 4.79 Å². The van der Waals surface area contributed by atoms with Gasteiger partial charge in [0, 0.05) is 34.7 Å². The van der Waals surface area contributed by atoms with E-state index in [-0.39, 0.29) is 18.9 Å². The van der Waals surface area contributed by atoms with Crippen molar-refractivity contribution < 1.29 is 13.2 Å². The van der Waals surface area contributed by atoms with E-state index in [0.29, 0.717) is 13.0 Å². The molecule has 0 spiro atoms. The number of likely N-dealkylation sites (tertiary alicyclic amines) is 1. The van der Waals surface area contributed by atoms with Gasteiger partial charge in [0.15, 0.2) is 0 Å². The Morgan fingerprint density at radius 2 is 1.95 bits per heavy atom. The molecule has 104 valence electrons. The second-order valence-corrected chi connectivity index (χ2v) is 8.34. The van der Waals surface area contributed by atoms with E-state index >= 15 is 0 Å². The lowest BCUT2D eigenvalue weighted by molar-refractivity contribution is -0.127. The summed E-state index contributed by atoms with van der Waals surface area (Å²) in [6, 6.07) is 7.82. The molecule has 1 aliphatic heterocycles. The van der Waals surface area contributed by atoms with Gasteiger partial charge in [-0.15, -0.1) is 0 Å². The third-order valence-electron chi connectivity index (χ3n) is 3.16. The van der Waals surface area contributed by atoms with E-state index in [9.17, 15) is 13.2 Å². The van der Waals surface area contributed by atoms with Crippen LogP contribution in [-0.4, -0.2) is 37.6 Å². The van der Waals surface area contributed by atoms with Gasteiger partial charge in [0.1, 0.15) is 5.25 Å². The molecule has 1 unspecified atom stereocenters. The molecule has 0 aromatic heterocycles. The number of halogens is 2. The molecule has 1 atom stereocenters. The predicted octanol–water partition coefficient (Wildman–Crippen LogP) is 2.16. The SMILES string of the molecule is O=C1CC(S(=O)(=O)Cl)CN1CCc1ccc(Br)cc1. The Balaban J connectivity index is 1.94. The van der Waals surface area contributed by atoms with Crippen molar-refractivity contribution in [2.45, 2.75) is 18.1 Å². The zero-order valence-corrected chi connectivity index (χ0v) is 13.2. The summed E-state index contributed by atoms with van der Waals surface area (Å²) in [6.45, 7) is 0.713. The first-order valence-electron chi connectivity index (χ1n) is 5.82. The van der Waals surface area contributed by atoms with Crippen LogP contribution >= 0.6 is 26.6 Å². The van der Waals surface area contributed by atoms with Gasteiger partial charge in [-0.25, -0.2) is 8.42 Å². The Morgan fingerprint density at radius 1 is 1.32 bits per heavy atom. The van der Waals surface area contributed by atoms with Crippen LogP contribution < -0.4 is 0 Å². The molecule has 2 rings (SSSR count). The molecule has 1 saturated heterocycles. The van der Waals surface area contributed by atoms with E-state index in [1.165, 1.54) is 0 Å². The molecule has 0 radical (unpaired) electrons. The molecule has 19 heavy (non-hydrogen) atoms. The summed E-state index contributed by atoms with van der Waals surface area (Å²) in [5.74, 6) is -0.147. The molecule has 1 aromatic rings. The van der Waals surface area contributed by atoms with E-state index in [2.05, 4.69) is 15.9 Å². The van der Waals surface area contributed by atoms with Crippen LogP contribution in [0, 0.1) is 0 Å². The summed E-state index contributed by atoms with van der Waals surface area (Å²) in [5.41, 5.74) is 1.10. The molecule has 0 N–H and O–H groups in total. The van der Waals surface area contributed by atoms with E-state index in [1.54, 1.807) is 4.90 Å². The Labute approximate surface area is 125 Å². The summed E-state index contributed by atoms with van der Waals surface area (Å²) < 4.78 is 23.4. The molecule has 1 fully saturated rings. The van der Waals surface area contributed by atoms with Crippen LogP contribution in [0.2, 0.25) is 0 Å². The van der Waals surface area contributed by atoms with Crippen molar-refractivity contribution in [1.29, 1.82) is 0 Å². The zero-order chi connectivity index (χ0) is 14.0. The van der Waals surface area contributed by atoms with E-state index in [1.807, 2.05) is 24.3 Å². The minimum absolute atomic E-state index is 0.00777. The second-order valence-electron chi connectivity index (χ2n) is 4.52. The highest BCUT2D eigenvalue weighted by atomic mass is 79.9. The summed E-state index contributed by atoms with van der Waals surface area (Å²) in [5, 5.41) is -0.772. The third kappa shape index (κ3) is 3.94. The molecule has 1 heterocycles. The Hall–Kier alpha value is -0.590. The molecular weight excluding hydrogens is 354 g/mol. The molecule has 0 bridgehead atoms. The van der Waals surface area contributed by atoms with Crippen molar-refractivity contribution in [1.82, 2.24) is 4.90 Å².